The highest BCUT2D eigenvalue weighted by Gasteiger charge is 2.41. The Hall–Kier alpha value is -4.84. The summed E-state index contributed by atoms with van der Waals surface area (Å²) >= 11 is 0. The van der Waals surface area contributed by atoms with Crippen LogP contribution in [0.15, 0.2) is 60.9 Å². The monoisotopic (exact) mass is 906 g/mol. The smallest absolute Gasteiger partial charge is 0.369 e. The number of pyridine rings is 2. The van der Waals surface area contributed by atoms with Gasteiger partial charge in [-0.25, -0.2) is 8.78 Å². The van der Waals surface area contributed by atoms with E-state index in [2.05, 4.69) is 30.8 Å². The third kappa shape index (κ3) is 11.1. The van der Waals surface area contributed by atoms with E-state index in [1.807, 2.05) is 30.7 Å². The molecule has 4 atom stereocenters. The first kappa shape index (κ1) is 48.6. The van der Waals surface area contributed by atoms with Crippen LogP contribution in [-0.2, 0) is 21.9 Å². The van der Waals surface area contributed by atoms with Gasteiger partial charge in [-0.3, -0.25) is 19.6 Å². The molecule has 2 amide bonds. The van der Waals surface area contributed by atoms with Gasteiger partial charge in [-0.1, -0.05) is 21.3 Å². The molecule has 4 fully saturated rings. The summed E-state index contributed by atoms with van der Waals surface area (Å²) in [5, 5.41) is 9.86. The number of hydrogen-bond acceptors (Lipinski definition) is 8. The van der Waals surface area contributed by atoms with E-state index in [1.165, 1.54) is 24.5 Å². The van der Waals surface area contributed by atoms with E-state index in [-0.39, 0.29) is 67.0 Å². The van der Waals surface area contributed by atoms with Crippen molar-refractivity contribution in [2.75, 3.05) is 69.2 Å². The van der Waals surface area contributed by atoms with Crippen molar-refractivity contribution in [1.82, 2.24) is 30.8 Å². The van der Waals surface area contributed by atoms with E-state index in [0.717, 1.165) is 12.1 Å². The molecule has 2 aromatic heterocycles. The van der Waals surface area contributed by atoms with E-state index in [4.69, 9.17) is 0 Å². The zero-order valence-corrected chi connectivity index (χ0v) is 35.6. The Kier molecular flexibility index (Phi) is 14.7. The van der Waals surface area contributed by atoms with Crippen molar-refractivity contribution < 1.29 is 44.7 Å². The molecular weight excluding hydrogens is 849 g/mol. The largest absolute Gasteiger partial charge is 0.418 e. The predicted octanol–water partition coefficient (Wildman–Crippen LogP) is 8.33. The number of carbonyl (C=O) groups excluding carboxylic acids is 2. The molecule has 0 radical (unpaired) electrons. The number of carbonyl (C=O) groups is 2. The molecule has 0 saturated carbocycles. The fourth-order valence-electron chi connectivity index (χ4n) is 9.37. The Labute approximate surface area is 368 Å². The second-order valence-electron chi connectivity index (χ2n) is 17.9. The Morgan fingerprint density at radius 2 is 1.08 bits per heavy atom. The minimum Gasteiger partial charge on any atom is -0.369 e. The number of likely N-dealkylation sites (tertiary alicyclic amines) is 1. The molecule has 0 aliphatic carbocycles. The number of alkyl halides is 8. The van der Waals surface area contributed by atoms with Gasteiger partial charge >= 0.3 is 12.4 Å². The lowest BCUT2D eigenvalue weighted by atomic mass is 9.89. The van der Waals surface area contributed by atoms with Crippen LogP contribution in [0.4, 0.5) is 46.5 Å². The zero-order valence-electron chi connectivity index (χ0n) is 35.6. The van der Waals surface area contributed by atoms with E-state index >= 15 is 4.39 Å². The summed E-state index contributed by atoms with van der Waals surface area (Å²) in [6, 6.07) is 11.2. The quantitative estimate of drug-likeness (QED) is 0.152. The van der Waals surface area contributed by atoms with Crippen molar-refractivity contribution in [1.29, 1.82) is 0 Å². The number of nitrogens with zero attached hydrogens (tertiary/aromatic N) is 5. The van der Waals surface area contributed by atoms with Crippen LogP contribution in [-0.4, -0.2) is 110 Å². The minimum absolute atomic E-state index is 0. The van der Waals surface area contributed by atoms with Gasteiger partial charge in [-0.05, 0) is 106 Å². The summed E-state index contributed by atoms with van der Waals surface area (Å²) in [7, 11) is 1.94. The highest BCUT2D eigenvalue weighted by molar-refractivity contribution is 5.95. The summed E-state index contributed by atoms with van der Waals surface area (Å²) in [5.41, 5.74) is -3.35. The maximum absolute atomic E-state index is 15.0. The first-order valence-electron chi connectivity index (χ1n) is 21.5. The molecule has 18 heteroatoms. The molecule has 8 rings (SSSR count). The molecule has 4 aliphatic heterocycles. The van der Waals surface area contributed by atoms with Gasteiger partial charge in [-0.15, -0.1) is 0 Å². The summed E-state index contributed by atoms with van der Waals surface area (Å²) in [4.78, 5) is 39.0. The number of rotatable bonds is 8. The third-order valence-corrected chi connectivity index (χ3v) is 13.0. The molecule has 10 nitrogen and oxygen atoms in total. The van der Waals surface area contributed by atoms with Crippen molar-refractivity contribution in [2.24, 2.45) is 11.8 Å². The van der Waals surface area contributed by atoms with Crippen LogP contribution in [0.2, 0.25) is 0 Å². The molecule has 2 aromatic carbocycles. The lowest BCUT2D eigenvalue weighted by molar-refractivity contribution is -0.137. The highest BCUT2D eigenvalue weighted by atomic mass is 19.4. The Morgan fingerprint density at radius 1 is 0.672 bits per heavy atom. The van der Waals surface area contributed by atoms with E-state index in [9.17, 15) is 40.3 Å². The second kappa shape index (κ2) is 19.3. The summed E-state index contributed by atoms with van der Waals surface area (Å²) < 4.78 is 110. The molecule has 4 aliphatic rings. The fourth-order valence-corrected chi connectivity index (χ4v) is 9.37. The van der Waals surface area contributed by atoms with E-state index in [1.54, 1.807) is 24.3 Å². The van der Waals surface area contributed by atoms with Crippen molar-refractivity contribution in [3.63, 3.8) is 0 Å². The third-order valence-electron chi connectivity index (χ3n) is 13.0. The number of amides is 2. The first-order chi connectivity index (χ1) is 29.7. The number of nitrogens with one attached hydrogen (secondary N) is 3. The van der Waals surface area contributed by atoms with Crippen molar-refractivity contribution >= 4 is 45.0 Å². The lowest BCUT2D eigenvalue weighted by Gasteiger charge is -2.34. The molecule has 0 spiro atoms. The van der Waals surface area contributed by atoms with Crippen LogP contribution in [0.25, 0.3) is 21.8 Å². The van der Waals surface area contributed by atoms with Gasteiger partial charge in [0.1, 0.15) is 11.3 Å². The summed E-state index contributed by atoms with van der Waals surface area (Å²) in [5.74, 6) is -0.487. The number of aromatic nitrogens is 2. The predicted molar refractivity (Wildman–Crippen MR) is 233 cm³/mol. The molecule has 6 heterocycles. The molecule has 64 heavy (non-hydrogen) atoms. The normalized spacial score (nSPS) is 23.6. The summed E-state index contributed by atoms with van der Waals surface area (Å²) in [6.07, 6.45) is -5.27. The molecule has 4 aromatic rings. The van der Waals surface area contributed by atoms with Crippen molar-refractivity contribution in [2.45, 2.75) is 95.6 Å². The van der Waals surface area contributed by atoms with Gasteiger partial charge in [-0.2, -0.15) is 26.3 Å². The van der Waals surface area contributed by atoms with Gasteiger partial charge in [0.25, 0.3) is 0 Å². The number of fused-ring (bicyclic) bond motifs is 2. The average Bonchev–Trinajstić information content (AvgIpc) is 3.77. The van der Waals surface area contributed by atoms with Gasteiger partial charge in [0, 0.05) is 73.8 Å². The maximum Gasteiger partial charge on any atom is 0.418 e. The van der Waals surface area contributed by atoms with E-state index < -0.39 is 34.8 Å². The molecule has 0 bridgehead atoms. The van der Waals surface area contributed by atoms with Crippen molar-refractivity contribution in [3.8, 4) is 0 Å². The Balaban J connectivity index is 0.000000209. The first-order valence-corrected chi connectivity index (χ1v) is 21.5. The average molecular weight is 907 g/mol. The van der Waals surface area contributed by atoms with Crippen LogP contribution in [0, 0.1) is 11.8 Å². The van der Waals surface area contributed by atoms with E-state index in [0.29, 0.717) is 100 Å². The number of hydrogen-bond donors (Lipinski definition) is 3. The van der Waals surface area contributed by atoms with Gasteiger partial charge in [0.2, 0.25) is 11.8 Å². The van der Waals surface area contributed by atoms with Crippen LogP contribution in [0.3, 0.4) is 0 Å². The van der Waals surface area contributed by atoms with Crippen LogP contribution < -0.4 is 25.8 Å². The second-order valence-corrected chi connectivity index (χ2v) is 17.9. The number of piperidine rings is 2. The molecule has 350 valence electrons. The highest BCUT2D eigenvalue weighted by Crippen LogP contribution is 2.41. The fraction of sp³-hybridized carbons (Fsp3) is 0.565. The standard InChI is InChI=1S/C23H28F4N4O.C22H26F4N4O.CH4/c1-15-13-31(14-18(15)29-20(32)12-22(24)7-10-30(2)11-8-22)19-6-5-17(23(25,26)27)21-16(19)4-3-9-28-21;1-14-12-30(13-17(14)29-19(31)11-21(23)6-9-27-10-7-21)18-5-4-16(22(24,25)26)20-15(18)3-2-8-28-20;/h3-6,9,15,18H,7-8,10-14H2,1-2H3,(H,29,32);2-5,8,14,17,27H,6-7,9-13H2,1H3,(H,29,31);1H4/t15-,18+;14-,17+;/m11./s1. The molecule has 0 unspecified atom stereocenters. The zero-order chi connectivity index (χ0) is 45.3. The Morgan fingerprint density at radius 3 is 1.48 bits per heavy atom. The lowest BCUT2D eigenvalue weighted by Crippen LogP contribution is -2.46. The maximum atomic E-state index is 15.0. The molecule has 3 N–H and O–H groups in total. The summed E-state index contributed by atoms with van der Waals surface area (Å²) in [6.45, 7) is 8.39. The Bertz CT molecular complexity index is 2260. The number of halogens is 8. The van der Waals surface area contributed by atoms with Gasteiger partial charge in [0.15, 0.2) is 0 Å². The molecular formula is C46H58F8N8O2. The van der Waals surface area contributed by atoms with Gasteiger partial charge < -0.3 is 30.7 Å². The van der Waals surface area contributed by atoms with Crippen LogP contribution >= 0.6 is 0 Å². The van der Waals surface area contributed by atoms with Crippen molar-refractivity contribution in [3.05, 3.63) is 72.1 Å². The number of benzene rings is 2. The SMILES string of the molecule is C.C[C@@H]1CN(c2ccc(C(F)(F)F)c3ncccc23)C[C@@H]1NC(=O)CC1(F)CCN(C)CC1.C[C@@H]1CN(c2ccc(C(F)(F)F)c3ncccc23)C[C@@H]1NC(=O)CC1(F)CCNCC1. The van der Waals surface area contributed by atoms with Crippen LogP contribution in [0.1, 0.15) is 70.9 Å². The number of anilines is 2. The van der Waals surface area contributed by atoms with Crippen LogP contribution in [0.5, 0.6) is 0 Å². The molecule has 4 saturated heterocycles. The topological polar surface area (TPSA) is 106 Å². The van der Waals surface area contributed by atoms with Gasteiger partial charge in [0.05, 0.1) is 47.1 Å². The minimum atomic E-state index is -4.49.